The molecule has 0 bridgehead atoms. The normalized spacial score (nSPS) is 20.9. The van der Waals surface area contributed by atoms with E-state index >= 15 is 0 Å². The van der Waals surface area contributed by atoms with Crippen molar-refractivity contribution >= 4 is 5.69 Å². The number of rotatable bonds is 4. The first-order valence-corrected chi connectivity index (χ1v) is 6.32. The van der Waals surface area contributed by atoms with Crippen LogP contribution in [-0.2, 0) is 6.42 Å². The van der Waals surface area contributed by atoms with Crippen molar-refractivity contribution in [3.63, 3.8) is 0 Å². The van der Waals surface area contributed by atoms with E-state index in [1.54, 1.807) is 0 Å². The molecule has 2 heteroatoms. The summed E-state index contributed by atoms with van der Waals surface area (Å²) >= 11 is 0. The van der Waals surface area contributed by atoms with Gasteiger partial charge in [0.05, 0.1) is 0 Å². The second-order valence-corrected chi connectivity index (χ2v) is 4.88. The molecule has 0 aromatic heterocycles. The molecule has 1 aromatic carbocycles. The van der Waals surface area contributed by atoms with E-state index in [4.69, 9.17) is 5.73 Å². The molecule has 2 rings (SSSR count). The predicted molar refractivity (Wildman–Crippen MR) is 69.8 cm³/mol. The van der Waals surface area contributed by atoms with Crippen molar-refractivity contribution in [2.45, 2.75) is 45.2 Å². The van der Waals surface area contributed by atoms with Crippen molar-refractivity contribution in [3.8, 4) is 0 Å². The third kappa shape index (κ3) is 2.22. The highest BCUT2D eigenvalue weighted by Crippen LogP contribution is 2.31. The lowest BCUT2D eigenvalue weighted by Crippen LogP contribution is -2.40. The highest BCUT2D eigenvalue weighted by molar-refractivity contribution is 5.59. The Morgan fingerprint density at radius 2 is 2.19 bits per heavy atom. The van der Waals surface area contributed by atoms with Gasteiger partial charge in [0.25, 0.3) is 0 Å². The number of nitrogens with two attached hydrogens (primary N) is 1. The predicted octanol–water partition coefficient (Wildman–Crippen LogP) is 2.57. The number of para-hydroxylation sites is 1. The van der Waals surface area contributed by atoms with Gasteiger partial charge in [0, 0.05) is 24.3 Å². The maximum Gasteiger partial charge on any atom is 0.0402 e. The van der Waals surface area contributed by atoms with Gasteiger partial charge in [-0.15, -0.1) is 0 Å². The van der Waals surface area contributed by atoms with Gasteiger partial charge in [-0.05, 0) is 31.4 Å². The first-order valence-electron chi connectivity index (χ1n) is 6.32. The zero-order chi connectivity index (χ0) is 11.5. The van der Waals surface area contributed by atoms with Crippen molar-refractivity contribution in [1.82, 2.24) is 0 Å². The highest BCUT2D eigenvalue weighted by Gasteiger charge is 2.26. The largest absolute Gasteiger partial charge is 0.367 e. The van der Waals surface area contributed by atoms with Crippen LogP contribution in [0.25, 0.3) is 0 Å². The third-order valence-corrected chi connectivity index (χ3v) is 3.44. The Morgan fingerprint density at radius 3 is 2.94 bits per heavy atom. The molecule has 2 atom stereocenters. The summed E-state index contributed by atoms with van der Waals surface area (Å²) in [6.07, 6.45) is 3.45. The molecular formula is C14H22N2. The minimum atomic E-state index is 0.304. The molecule has 0 amide bonds. The van der Waals surface area contributed by atoms with Gasteiger partial charge in [-0.2, -0.15) is 0 Å². The molecular weight excluding hydrogens is 196 g/mol. The summed E-state index contributed by atoms with van der Waals surface area (Å²) in [5, 5.41) is 0. The van der Waals surface area contributed by atoms with E-state index in [1.165, 1.54) is 17.7 Å². The summed E-state index contributed by atoms with van der Waals surface area (Å²) in [7, 11) is 0. The SMILES string of the molecule is CCCC(N)CN1c2ccccc2CC1C. The second-order valence-electron chi connectivity index (χ2n) is 4.88. The Morgan fingerprint density at radius 1 is 1.44 bits per heavy atom. The number of benzene rings is 1. The number of hydrogen-bond acceptors (Lipinski definition) is 2. The summed E-state index contributed by atoms with van der Waals surface area (Å²) in [5.41, 5.74) is 9.00. The highest BCUT2D eigenvalue weighted by atomic mass is 15.2. The van der Waals surface area contributed by atoms with E-state index < -0.39 is 0 Å². The summed E-state index contributed by atoms with van der Waals surface area (Å²) in [6.45, 7) is 5.48. The van der Waals surface area contributed by atoms with Gasteiger partial charge in [-0.1, -0.05) is 31.5 Å². The maximum absolute atomic E-state index is 6.14. The Labute approximate surface area is 98.4 Å². The Bertz CT molecular complexity index is 348. The number of fused-ring (bicyclic) bond motifs is 1. The first-order chi connectivity index (χ1) is 7.72. The zero-order valence-electron chi connectivity index (χ0n) is 10.3. The van der Waals surface area contributed by atoms with E-state index in [2.05, 4.69) is 43.0 Å². The molecule has 16 heavy (non-hydrogen) atoms. The molecule has 2 N–H and O–H groups in total. The molecule has 1 aliphatic heterocycles. The van der Waals surface area contributed by atoms with Gasteiger partial charge < -0.3 is 10.6 Å². The molecule has 0 fully saturated rings. The molecule has 1 heterocycles. The summed E-state index contributed by atoms with van der Waals surface area (Å²) in [4.78, 5) is 2.47. The lowest BCUT2D eigenvalue weighted by Gasteiger charge is -2.28. The average Bonchev–Trinajstić information content (AvgIpc) is 2.56. The van der Waals surface area contributed by atoms with E-state index in [9.17, 15) is 0 Å². The minimum absolute atomic E-state index is 0.304. The Balaban J connectivity index is 2.10. The Hall–Kier alpha value is -1.02. The van der Waals surface area contributed by atoms with Crippen molar-refractivity contribution in [3.05, 3.63) is 29.8 Å². The van der Waals surface area contributed by atoms with E-state index in [0.29, 0.717) is 12.1 Å². The quantitative estimate of drug-likeness (QED) is 0.841. The van der Waals surface area contributed by atoms with Crippen LogP contribution in [0.2, 0.25) is 0 Å². The molecule has 1 aliphatic rings. The summed E-state index contributed by atoms with van der Waals surface area (Å²) in [5.74, 6) is 0. The summed E-state index contributed by atoms with van der Waals surface area (Å²) < 4.78 is 0. The van der Waals surface area contributed by atoms with Gasteiger partial charge >= 0.3 is 0 Å². The molecule has 1 aromatic rings. The topological polar surface area (TPSA) is 29.3 Å². The first kappa shape index (κ1) is 11.5. The van der Waals surface area contributed by atoms with Gasteiger partial charge in [0.2, 0.25) is 0 Å². The van der Waals surface area contributed by atoms with Crippen LogP contribution in [0.5, 0.6) is 0 Å². The van der Waals surface area contributed by atoms with E-state index in [1.807, 2.05) is 0 Å². The summed E-state index contributed by atoms with van der Waals surface area (Å²) in [6, 6.07) is 9.60. The lowest BCUT2D eigenvalue weighted by molar-refractivity contribution is 0.555. The van der Waals surface area contributed by atoms with Gasteiger partial charge in [-0.3, -0.25) is 0 Å². The molecule has 0 spiro atoms. The maximum atomic E-state index is 6.14. The third-order valence-electron chi connectivity index (χ3n) is 3.44. The van der Waals surface area contributed by atoms with Crippen LogP contribution in [0, 0.1) is 0 Å². The lowest BCUT2D eigenvalue weighted by atomic mass is 10.1. The fourth-order valence-corrected chi connectivity index (χ4v) is 2.62. The average molecular weight is 218 g/mol. The van der Waals surface area contributed by atoms with Crippen LogP contribution in [-0.4, -0.2) is 18.6 Å². The number of nitrogens with zero attached hydrogens (tertiary/aromatic N) is 1. The standard InChI is InChI=1S/C14H22N2/c1-3-6-13(15)10-16-11(2)9-12-7-4-5-8-14(12)16/h4-5,7-8,11,13H,3,6,9-10,15H2,1-2H3. The minimum Gasteiger partial charge on any atom is -0.367 e. The van der Waals surface area contributed by atoms with Gasteiger partial charge in [0.1, 0.15) is 0 Å². The van der Waals surface area contributed by atoms with Crippen molar-refractivity contribution in [2.75, 3.05) is 11.4 Å². The van der Waals surface area contributed by atoms with Crippen LogP contribution in [0.3, 0.4) is 0 Å². The number of anilines is 1. The monoisotopic (exact) mass is 218 g/mol. The molecule has 88 valence electrons. The fourth-order valence-electron chi connectivity index (χ4n) is 2.62. The van der Waals surface area contributed by atoms with Crippen LogP contribution in [0.1, 0.15) is 32.3 Å². The van der Waals surface area contributed by atoms with Crippen molar-refractivity contribution < 1.29 is 0 Å². The van der Waals surface area contributed by atoms with Crippen molar-refractivity contribution in [2.24, 2.45) is 5.73 Å². The fraction of sp³-hybridized carbons (Fsp3) is 0.571. The van der Waals surface area contributed by atoms with Crippen LogP contribution >= 0.6 is 0 Å². The van der Waals surface area contributed by atoms with Gasteiger partial charge in [0.15, 0.2) is 0 Å². The smallest absolute Gasteiger partial charge is 0.0402 e. The number of hydrogen-bond donors (Lipinski definition) is 1. The zero-order valence-corrected chi connectivity index (χ0v) is 10.3. The molecule has 0 radical (unpaired) electrons. The molecule has 2 unspecified atom stereocenters. The van der Waals surface area contributed by atoms with Crippen LogP contribution in [0.4, 0.5) is 5.69 Å². The molecule has 0 saturated heterocycles. The molecule has 0 aliphatic carbocycles. The Kier molecular flexibility index (Phi) is 3.49. The van der Waals surface area contributed by atoms with E-state index in [-0.39, 0.29) is 0 Å². The molecule has 2 nitrogen and oxygen atoms in total. The van der Waals surface area contributed by atoms with Gasteiger partial charge in [-0.25, -0.2) is 0 Å². The van der Waals surface area contributed by atoms with Crippen LogP contribution in [0.15, 0.2) is 24.3 Å². The van der Waals surface area contributed by atoms with Crippen LogP contribution < -0.4 is 10.6 Å². The molecule has 0 saturated carbocycles. The van der Waals surface area contributed by atoms with E-state index in [0.717, 1.165) is 19.4 Å². The second kappa shape index (κ2) is 4.88. The van der Waals surface area contributed by atoms with Crippen molar-refractivity contribution in [1.29, 1.82) is 0 Å².